The van der Waals surface area contributed by atoms with Crippen molar-refractivity contribution in [1.82, 2.24) is 5.32 Å². The lowest BCUT2D eigenvalue weighted by atomic mass is 10.1. The highest BCUT2D eigenvalue weighted by Crippen LogP contribution is 2.28. The van der Waals surface area contributed by atoms with Crippen LogP contribution < -0.4 is 20.7 Å². The molecule has 2 heterocycles. The second-order valence-corrected chi connectivity index (χ2v) is 8.86. The van der Waals surface area contributed by atoms with E-state index >= 15 is 0 Å². The topological polar surface area (TPSA) is 106 Å². The number of carbonyl (C=O) groups is 3. The van der Waals surface area contributed by atoms with Gasteiger partial charge in [-0.3, -0.25) is 14.4 Å². The monoisotopic (exact) mass is 485 g/mol. The lowest BCUT2D eigenvalue weighted by Gasteiger charge is -2.13. The van der Waals surface area contributed by atoms with Crippen molar-refractivity contribution in [2.45, 2.75) is 38.0 Å². The highest BCUT2D eigenvalue weighted by molar-refractivity contribution is 5.98. The summed E-state index contributed by atoms with van der Waals surface area (Å²) in [6.45, 7) is 0.894. The summed E-state index contributed by atoms with van der Waals surface area (Å²) in [5, 5.41) is 8.60. The summed E-state index contributed by atoms with van der Waals surface area (Å²) in [6.07, 6.45) is 1.11. The van der Waals surface area contributed by atoms with Crippen LogP contribution >= 0.6 is 0 Å². The molecule has 3 N–H and O–H groups in total. The van der Waals surface area contributed by atoms with E-state index < -0.39 is 12.2 Å². The fourth-order valence-electron chi connectivity index (χ4n) is 4.34. The van der Waals surface area contributed by atoms with Crippen LogP contribution in [0.3, 0.4) is 0 Å². The number of rotatable bonds is 7. The van der Waals surface area contributed by atoms with Crippen LogP contribution in [-0.2, 0) is 27.3 Å². The summed E-state index contributed by atoms with van der Waals surface area (Å²) in [7, 11) is 0. The van der Waals surface area contributed by atoms with Gasteiger partial charge in [0.25, 0.3) is 17.7 Å². The van der Waals surface area contributed by atoms with Crippen LogP contribution in [0.4, 0.5) is 11.4 Å². The Morgan fingerprint density at radius 2 is 1.58 bits per heavy atom. The zero-order chi connectivity index (χ0) is 24.9. The van der Waals surface area contributed by atoms with Gasteiger partial charge in [0.2, 0.25) is 0 Å². The molecule has 1 fully saturated rings. The second-order valence-electron chi connectivity index (χ2n) is 8.86. The molecule has 8 heteroatoms. The fraction of sp³-hybridized carbons (Fsp3) is 0.250. The van der Waals surface area contributed by atoms with E-state index in [0.717, 1.165) is 29.7 Å². The van der Waals surface area contributed by atoms with E-state index in [1.165, 1.54) is 0 Å². The van der Waals surface area contributed by atoms with Crippen molar-refractivity contribution >= 4 is 29.1 Å². The van der Waals surface area contributed by atoms with Crippen molar-refractivity contribution in [1.29, 1.82) is 0 Å². The minimum atomic E-state index is -0.604. The molecule has 3 aromatic carbocycles. The van der Waals surface area contributed by atoms with Crippen molar-refractivity contribution in [2.75, 3.05) is 17.2 Å². The van der Waals surface area contributed by atoms with Gasteiger partial charge < -0.3 is 25.4 Å². The van der Waals surface area contributed by atoms with Gasteiger partial charge in [0.15, 0.2) is 6.10 Å². The molecule has 0 aromatic heterocycles. The van der Waals surface area contributed by atoms with Crippen LogP contribution in [0.25, 0.3) is 0 Å². The van der Waals surface area contributed by atoms with Gasteiger partial charge in [-0.2, -0.15) is 0 Å². The maximum atomic E-state index is 12.8. The predicted octanol–water partition coefficient (Wildman–Crippen LogP) is 3.68. The van der Waals surface area contributed by atoms with E-state index in [4.69, 9.17) is 9.47 Å². The van der Waals surface area contributed by atoms with Crippen molar-refractivity contribution in [3.8, 4) is 5.75 Å². The SMILES string of the molecule is O=C(NCc1cccc(NC(=O)C2CCCO2)c1)c1cccc(NC(=O)C2Cc3ccccc3O2)c1. The van der Waals surface area contributed by atoms with Gasteiger partial charge in [-0.05, 0) is 60.4 Å². The minimum Gasteiger partial charge on any atom is -0.480 e. The Kier molecular flexibility index (Phi) is 6.95. The van der Waals surface area contributed by atoms with Gasteiger partial charge >= 0.3 is 0 Å². The van der Waals surface area contributed by atoms with Crippen LogP contribution in [0.15, 0.2) is 72.8 Å². The van der Waals surface area contributed by atoms with Crippen LogP contribution in [-0.4, -0.2) is 36.5 Å². The normalized spacial score (nSPS) is 18.1. The van der Waals surface area contributed by atoms with Gasteiger partial charge in [-0.25, -0.2) is 0 Å². The van der Waals surface area contributed by atoms with E-state index in [-0.39, 0.29) is 24.3 Å². The molecule has 2 aliphatic heterocycles. The molecular weight excluding hydrogens is 458 g/mol. The molecule has 0 aliphatic carbocycles. The summed E-state index contributed by atoms with van der Waals surface area (Å²) in [6, 6.07) is 21.7. The number of carbonyl (C=O) groups excluding carboxylic acids is 3. The summed E-state index contributed by atoms with van der Waals surface area (Å²) < 4.78 is 11.2. The molecule has 3 aromatic rings. The number of fused-ring (bicyclic) bond motifs is 1. The summed E-state index contributed by atoms with van der Waals surface area (Å²) >= 11 is 0. The summed E-state index contributed by atoms with van der Waals surface area (Å²) in [4.78, 5) is 37.7. The molecular formula is C28H27N3O5. The van der Waals surface area contributed by atoms with E-state index in [1.54, 1.807) is 30.3 Å². The first-order valence-corrected chi connectivity index (χ1v) is 12.0. The average Bonchev–Trinajstić information content (AvgIpc) is 3.58. The van der Waals surface area contributed by atoms with Gasteiger partial charge in [-0.15, -0.1) is 0 Å². The van der Waals surface area contributed by atoms with Crippen LogP contribution in [0.2, 0.25) is 0 Å². The molecule has 2 atom stereocenters. The maximum Gasteiger partial charge on any atom is 0.265 e. The molecule has 8 nitrogen and oxygen atoms in total. The zero-order valence-corrected chi connectivity index (χ0v) is 19.7. The third-order valence-corrected chi connectivity index (χ3v) is 6.20. The van der Waals surface area contributed by atoms with E-state index in [2.05, 4.69) is 16.0 Å². The zero-order valence-electron chi connectivity index (χ0n) is 19.7. The standard InChI is InChI=1S/C28H27N3O5/c32-26(29-17-18-6-3-9-21(14-18)30-27(33)24-12-5-13-35-24)20-8-4-10-22(15-20)31-28(34)25-16-19-7-1-2-11-23(19)36-25/h1-4,6-11,14-15,24-25H,5,12-13,16-17H2,(H,29,32)(H,30,33)(H,31,34). The summed E-state index contributed by atoms with van der Waals surface area (Å²) in [5.41, 5.74) is 3.44. The number of ether oxygens (including phenoxy) is 2. The van der Waals surface area contributed by atoms with Gasteiger partial charge in [0, 0.05) is 36.5 Å². The quantitative estimate of drug-likeness (QED) is 0.474. The Hall–Kier alpha value is -4.17. The molecule has 5 rings (SSSR count). The Morgan fingerprint density at radius 1 is 0.833 bits per heavy atom. The van der Waals surface area contributed by atoms with Gasteiger partial charge in [0.1, 0.15) is 11.9 Å². The Morgan fingerprint density at radius 3 is 2.36 bits per heavy atom. The van der Waals surface area contributed by atoms with Gasteiger partial charge in [0.05, 0.1) is 0 Å². The van der Waals surface area contributed by atoms with E-state index in [1.807, 2.05) is 42.5 Å². The number of hydrogen-bond acceptors (Lipinski definition) is 5. The number of nitrogens with one attached hydrogen (secondary N) is 3. The van der Waals surface area contributed by atoms with Crippen LogP contribution in [0.1, 0.15) is 34.3 Å². The third kappa shape index (κ3) is 5.55. The lowest BCUT2D eigenvalue weighted by molar-refractivity contribution is -0.124. The van der Waals surface area contributed by atoms with Crippen LogP contribution in [0, 0.1) is 0 Å². The molecule has 0 radical (unpaired) electrons. The molecule has 36 heavy (non-hydrogen) atoms. The highest BCUT2D eigenvalue weighted by Gasteiger charge is 2.29. The molecule has 1 saturated heterocycles. The molecule has 2 aliphatic rings. The molecule has 3 amide bonds. The van der Waals surface area contributed by atoms with Crippen molar-refractivity contribution in [3.63, 3.8) is 0 Å². The number of hydrogen-bond donors (Lipinski definition) is 3. The first-order chi connectivity index (χ1) is 17.5. The number of anilines is 2. The summed E-state index contributed by atoms with van der Waals surface area (Å²) in [5.74, 6) is 0.0377. The first-order valence-electron chi connectivity index (χ1n) is 12.0. The van der Waals surface area contributed by atoms with Crippen molar-refractivity contribution in [2.24, 2.45) is 0 Å². The average molecular weight is 486 g/mol. The minimum absolute atomic E-state index is 0.153. The van der Waals surface area contributed by atoms with Gasteiger partial charge in [-0.1, -0.05) is 36.4 Å². The number of benzene rings is 3. The fourth-order valence-corrected chi connectivity index (χ4v) is 4.34. The molecule has 0 saturated carbocycles. The van der Waals surface area contributed by atoms with Crippen molar-refractivity contribution < 1.29 is 23.9 Å². The molecule has 0 spiro atoms. The van der Waals surface area contributed by atoms with Crippen molar-refractivity contribution in [3.05, 3.63) is 89.5 Å². The predicted molar refractivity (Wildman–Crippen MR) is 135 cm³/mol. The molecule has 0 bridgehead atoms. The maximum absolute atomic E-state index is 12.8. The Bertz CT molecular complexity index is 1260. The Balaban J connectivity index is 1.15. The van der Waals surface area contributed by atoms with E-state index in [0.29, 0.717) is 30.0 Å². The Labute approximate surface area is 209 Å². The number of amides is 3. The smallest absolute Gasteiger partial charge is 0.265 e. The number of para-hydroxylation sites is 1. The first kappa shape index (κ1) is 23.6. The van der Waals surface area contributed by atoms with Crippen LogP contribution in [0.5, 0.6) is 5.75 Å². The second kappa shape index (κ2) is 10.6. The highest BCUT2D eigenvalue weighted by atomic mass is 16.5. The van der Waals surface area contributed by atoms with E-state index in [9.17, 15) is 14.4 Å². The lowest BCUT2D eigenvalue weighted by Crippen LogP contribution is -2.31. The molecule has 2 unspecified atom stereocenters. The third-order valence-electron chi connectivity index (χ3n) is 6.20. The largest absolute Gasteiger partial charge is 0.480 e. The molecule has 184 valence electrons.